The summed E-state index contributed by atoms with van der Waals surface area (Å²) in [6.07, 6.45) is 3.11. The van der Waals surface area contributed by atoms with Crippen molar-refractivity contribution >= 4 is 23.4 Å². The van der Waals surface area contributed by atoms with Crippen molar-refractivity contribution in [2.75, 3.05) is 11.1 Å². The van der Waals surface area contributed by atoms with Crippen LogP contribution in [0.15, 0.2) is 66.1 Å². The third-order valence-electron chi connectivity index (χ3n) is 3.23. The van der Waals surface area contributed by atoms with Gasteiger partial charge in [-0.25, -0.2) is 9.67 Å². The lowest BCUT2D eigenvalue weighted by atomic mass is 10.2. The van der Waals surface area contributed by atoms with Crippen LogP contribution in [0.4, 0.5) is 5.69 Å². The largest absolute Gasteiger partial charge is 0.325 e. The molecule has 0 spiro atoms. The van der Waals surface area contributed by atoms with Gasteiger partial charge in [-0.1, -0.05) is 17.7 Å². The predicted molar refractivity (Wildman–Crippen MR) is 91.9 cm³/mol. The van der Waals surface area contributed by atoms with E-state index in [-0.39, 0.29) is 5.91 Å². The minimum absolute atomic E-state index is 0.0240. The molecule has 0 atom stereocenters. The van der Waals surface area contributed by atoms with Crippen LogP contribution in [0, 0.1) is 6.92 Å². The lowest BCUT2D eigenvalue weighted by molar-refractivity contribution is -0.113. The lowest BCUT2D eigenvalue weighted by Crippen LogP contribution is -2.13. The summed E-state index contributed by atoms with van der Waals surface area (Å²) >= 11 is 1.52. The molecule has 0 saturated carbocycles. The molecule has 1 heterocycles. The molecule has 0 aliphatic carbocycles. The maximum Gasteiger partial charge on any atom is 0.234 e. The molecule has 0 aliphatic heterocycles. The average molecular weight is 324 g/mol. The van der Waals surface area contributed by atoms with Gasteiger partial charge in [-0.15, -0.1) is 11.8 Å². The summed E-state index contributed by atoms with van der Waals surface area (Å²) in [5.41, 5.74) is 2.88. The molecule has 0 bridgehead atoms. The Morgan fingerprint density at radius 1 is 1.13 bits per heavy atom. The number of aromatic nitrogens is 3. The fourth-order valence-corrected chi connectivity index (χ4v) is 2.72. The van der Waals surface area contributed by atoms with Crippen molar-refractivity contribution in [1.82, 2.24) is 14.8 Å². The molecular weight excluding hydrogens is 308 g/mol. The van der Waals surface area contributed by atoms with Gasteiger partial charge in [0.25, 0.3) is 0 Å². The number of aryl methyl sites for hydroxylation is 1. The Balaban J connectivity index is 1.54. The first-order valence-electron chi connectivity index (χ1n) is 7.15. The Bertz CT molecular complexity index is 767. The smallest absolute Gasteiger partial charge is 0.234 e. The van der Waals surface area contributed by atoms with Crippen LogP contribution in [0.2, 0.25) is 0 Å². The number of benzene rings is 2. The van der Waals surface area contributed by atoms with Crippen molar-refractivity contribution in [3.05, 3.63) is 66.7 Å². The van der Waals surface area contributed by atoms with Crippen LogP contribution in [0.1, 0.15) is 5.56 Å². The van der Waals surface area contributed by atoms with Gasteiger partial charge < -0.3 is 5.32 Å². The van der Waals surface area contributed by atoms with E-state index in [2.05, 4.69) is 15.4 Å². The number of hydrogen-bond donors (Lipinski definition) is 1. The van der Waals surface area contributed by atoms with Crippen LogP contribution in [0.25, 0.3) is 5.69 Å². The third kappa shape index (κ3) is 4.20. The molecule has 0 radical (unpaired) electrons. The number of nitrogens with one attached hydrogen (secondary N) is 1. The molecule has 0 unspecified atom stereocenters. The van der Waals surface area contributed by atoms with Crippen molar-refractivity contribution in [3.8, 4) is 5.69 Å². The molecule has 1 aromatic heterocycles. The van der Waals surface area contributed by atoms with Gasteiger partial charge in [0.2, 0.25) is 5.91 Å². The SMILES string of the molecule is Cc1ccc(SCC(=O)Nc2ccc(-n3cncn3)cc2)cc1. The summed E-state index contributed by atoms with van der Waals surface area (Å²) in [7, 11) is 0. The number of thioether (sulfide) groups is 1. The second-order valence-corrected chi connectivity index (χ2v) is 6.09. The van der Waals surface area contributed by atoms with Gasteiger partial charge in [-0.05, 0) is 43.3 Å². The molecule has 116 valence electrons. The van der Waals surface area contributed by atoms with E-state index in [0.717, 1.165) is 16.3 Å². The topological polar surface area (TPSA) is 59.8 Å². The Hall–Kier alpha value is -2.60. The van der Waals surface area contributed by atoms with Crippen LogP contribution in [-0.2, 0) is 4.79 Å². The zero-order valence-corrected chi connectivity index (χ0v) is 13.5. The molecule has 6 heteroatoms. The van der Waals surface area contributed by atoms with E-state index in [1.807, 2.05) is 55.5 Å². The molecule has 5 nitrogen and oxygen atoms in total. The first-order chi connectivity index (χ1) is 11.2. The Kier molecular flexibility index (Phi) is 4.73. The highest BCUT2D eigenvalue weighted by Crippen LogP contribution is 2.19. The second-order valence-electron chi connectivity index (χ2n) is 5.04. The summed E-state index contributed by atoms with van der Waals surface area (Å²) < 4.78 is 1.67. The standard InChI is InChI=1S/C17H16N4OS/c1-13-2-8-16(9-3-13)23-10-17(22)20-14-4-6-15(7-5-14)21-12-18-11-19-21/h2-9,11-12H,10H2,1H3,(H,20,22). The number of anilines is 1. The second kappa shape index (κ2) is 7.11. The first kappa shape index (κ1) is 15.3. The van der Waals surface area contributed by atoms with Crippen molar-refractivity contribution < 1.29 is 4.79 Å². The van der Waals surface area contributed by atoms with Crippen LogP contribution >= 0.6 is 11.8 Å². The first-order valence-corrected chi connectivity index (χ1v) is 8.14. The van der Waals surface area contributed by atoms with Crippen molar-refractivity contribution in [3.63, 3.8) is 0 Å². The summed E-state index contributed by atoms with van der Waals surface area (Å²) in [5, 5.41) is 6.95. The molecule has 23 heavy (non-hydrogen) atoms. The minimum Gasteiger partial charge on any atom is -0.325 e. The quantitative estimate of drug-likeness (QED) is 0.732. The zero-order chi connectivity index (χ0) is 16.1. The van der Waals surface area contributed by atoms with Gasteiger partial charge in [0, 0.05) is 10.6 Å². The summed E-state index contributed by atoms with van der Waals surface area (Å²) in [6, 6.07) is 15.6. The number of amides is 1. The van der Waals surface area contributed by atoms with E-state index in [4.69, 9.17) is 0 Å². The van der Waals surface area contributed by atoms with Gasteiger partial charge in [0.1, 0.15) is 12.7 Å². The van der Waals surface area contributed by atoms with Gasteiger partial charge in [-0.3, -0.25) is 4.79 Å². The number of carbonyl (C=O) groups excluding carboxylic acids is 1. The Labute approximate surface area is 138 Å². The summed E-state index contributed by atoms with van der Waals surface area (Å²) in [4.78, 5) is 17.0. The Morgan fingerprint density at radius 2 is 1.87 bits per heavy atom. The van der Waals surface area contributed by atoms with Crippen molar-refractivity contribution in [1.29, 1.82) is 0 Å². The third-order valence-corrected chi connectivity index (χ3v) is 4.24. The van der Waals surface area contributed by atoms with Gasteiger partial charge in [0.05, 0.1) is 11.4 Å². The van der Waals surface area contributed by atoms with Crippen LogP contribution in [-0.4, -0.2) is 26.4 Å². The van der Waals surface area contributed by atoms with Crippen LogP contribution in [0.3, 0.4) is 0 Å². The van der Waals surface area contributed by atoms with Crippen molar-refractivity contribution in [2.45, 2.75) is 11.8 Å². The number of hydrogen-bond acceptors (Lipinski definition) is 4. The van der Waals surface area contributed by atoms with Crippen LogP contribution in [0.5, 0.6) is 0 Å². The maximum absolute atomic E-state index is 12.0. The van der Waals surface area contributed by atoms with E-state index in [1.165, 1.54) is 23.7 Å². The zero-order valence-electron chi connectivity index (χ0n) is 12.6. The highest BCUT2D eigenvalue weighted by atomic mass is 32.2. The van der Waals surface area contributed by atoms with Gasteiger partial charge >= 0.3 is 0 Å². The maximum atomic E-state index is 12.0. The van der Waals surface area contributed by atoms with E-state index in [0.29, 0.717) is 5.75 Å². The predicted octanol–water partition coefficient (Wildman–Crippen LogP) is 3.31. The number of rotatable bonds is 5. The van der Waals surface area contributed by atoms with Crippen molar-refractivity contribution in [2.24, 2.45) is 0 Å². The van der Waals surface area contributed by atoms with E-state index >= 15 is 0 Å². The summed E-state index contributed by atoms with van der Waals surface area (Å²) in [5.74, 6) is 0.359. The van der Waals surface area contributed by atoms with Gasteiger partial charge in [0.15, 0.2) is 0 Å². The van der Waals surface area contributed by atoms with Gasteiger partial charge in [-0.2, -0.15) is 5.10 Å². The molecule has 0 aliphatic rings. The fraction of sp³-hybridized carbons (Fsp3) is 0.118. The molecular formula is C17H16N4OS. The molecule has 1 amide bonds. The molecule has 3 rings (SSSR count). The number of carbonyl (C=O) groups is 1. The molecule has 0 fully saturated rings. The van der Waals surface area contributed by atoms with Crippen LogP contribution < -0.4 is 5.32 Å². The summed E-state index contributed by atoms with van der Waals surface area (Å²) in [6.45, 7) is 2.05. The van der Waals surface area contributed by atoms with E-state index < -0.39 is 0 Å². The molecule has 0 saturated heterocycles. The highest BCUT2D eigenvalue weighted by Gasteiger charge is 2.04. The molecule has 1 N–H and O–H groups in total. The monoisotopic (exact) mass is 324 g/mol. The number of nitrogens with zero attached hydrogens (tertiary/aromatic N) is 3. The molecule has 2 aromatic carbocycles. The van der Waals surface area contributed by atoms with E-state index in [9.17, 15) is 4.79 Å². The Morgan fingerprint density at radius 3 is 2.52 bits per heavy atom. The molecule has 3 aromatic rings. The lowest BCUT2D eigenvalue weighted by Gasteiger charge is -2.07. The minimum atomic E-state index is -0.0240. The van der Waals surface area contributed by atoms with E-state index in [1.54, 1.807) is 11.0 Å². The average Bonchev–Trinajstić information content (AvgIpc) is 3.09. The fourth-order valence-electron chi connectivity index (χ4n) is 2.02. The normalized spacial score (nSPS) is 10.5. The highest BCUT2D eigenvalue weighted by molar-refractivity contribution is 8.00.